The van der Waals surface area contributed by atoms with E-state index < -0.39 is 0 Å². The highest BCUT2D eigenvalue weighted by Gasteiger charge is 2.26. The van der Waals surface area contributed by atoms with Crippen molar-refractivity contribution in [3.8, 4) is 0 Å². The predicted molar refractivity (Wildman–Crippen MR) is 67.8 cm³/mol. The predicted octanol–water partition coefficient (Wildman–Crippen LogP) is 1.20. The summed E-state index contributed by atoms with van der Waals surface area (Å²) in [5.74, 6) is -0.0104. The Morgan fingerprint density at radius 2 is 2.44 bits per heavy atom. The molecule has 0 radical (unpaired) electrons. The minimum atomic E-state index is -0.0478. The molecule has 0 amide bonds. The highest BCUT2D eigenvalue weighted by molar-refractivity contribution is 5.72. The van der Waals surface area contributed by atoms with Crippen molar-refractivity contribution in [2.45, 2.75) is 26.3 Å². The summed E-state index contributed by atoms with van der Waals surface area (Å²) in [5, 5.41) is 4.16. The number of piperidine rings is 1. The molecule has 1 aromatic heterocycles. The van der Waals surface area contributed by atoms with Crippen LogP contribution in [0.2, 0.25) is 0 Å². The molecule has 2 rings (SSSR count). The zero-order valence-electron chi connectivity index (χ0n) is 11.1. The highest BCUT2D eigenvalue weighted by atomic mass is 16.5. The van der Waals surface area contributed by atoms with Crippen LogP contribution in [0.4, 0.5) is 0 Å². The summed E-state index contributed by atoms with van der Waals surface area (Å²) in [4.78, 5) is 14.0. The van der Waals surface area contributed by atoms with E-state index in [0.29, 0.717) is 6.61 Å². The lowest BCUT2D eigenvalue weighted by atomic mass is 9.98. The number of carbonyl (C=O) groups is 1. The SMILES string of the molecule is CCOC(=O)[C@@H]1CCCN(Cc2cnn(C)c2)C1. The lowest BCUT2D eigenvalue weighted by molar-refractivity contribution is -0.150. The molecule has 2 heterocycles. The van der Waals surface area contributed by atoms with Gasteiger partial charge in [0.15, 0.2) is 0 Å². The monoisotopic (exact) mass is 251 g/mol. The molecule has 5 heteroatoms. The van der Waals surface area contributed by atoms with Gasteiger partial charge in [-0.15, -0.1) is 0 Å². The van der Waals surface area contributed by atoms with Crippen LogP contribution in [0.3, 0.4) is 0 Å². The number of aryl methyl sites for hydroxylation is 1. The molecule has 0 bridgehead atoms. The largest absolute Gasteiger partial charge is 0.466 e. The van der Waals surface area contributed by atoms with Gasteiger partial charge in [-0.3, -0.25) is 14.4 Å². The van der Waals surface area contributed by atoms with Crippen molar-refractivity contribution in [2.24, 2.45) is 13.0 Å². The molecule has 1 fully saturated rings. The molecular formula is C13H21N3O2. The Morgan fingerprint density at radius 1 is 1.61 bits per heavy atom. The molecule has 0 spiro atoms. The molecule has 100 valence electrons. The van der Waals surface area contributed by atoms with E-state index in [-0.39, 0.29) is 11.9 Å². The van der Waals surface area contributed by atoms with Gasteiger partial charge < -0.3 is 4.74 Å². The zero-order valence-corrected chi connectivity index (χ0v) is 11.1. The average molecular weight is 251 g/mol. The summed E-state index contributed by atoms with van der Waals surface area (Å²) < 4.78 is 6.91. The third-order valence-corrected chi connectivity index (χ3v) is 3.29. The fraction of sp³-hybridized carbons (Fsp3) is 0.692. The molecule has 1 atom stereocenters. The number of likely N-dealkylation sites (tertiary alicyclic amines) is 1. The first kappa shape index (κ1) is 13.1. The van der Waals surface area contributed by atoms with Crippen LogP contribution in [0, 0.1) is 5.92 Å². The number of carbonyl (C=O) groups excluding carboxylic acids is 1. The van der Waals surface area contributed by atoms with Crippen molar-refractivity contribution in [3.05, 3.63) is 18.0 Å². The van der Waals surface area contributed by atoms with Crippen molar-refractivity contribution in [1.82, 2.24) is 14.7 Å². The maximum absolute atomic E-state index is 11.7. The topological polar surface area (TPSA) is 47.4 Å². The second-order valence-corrected chi connectivity index (χ2v) is 4.85. The van der Waals surface area contributed by atoms with Gasteiger partial charge in [0.25, 0.3) is 0 Å². The molecule has 0 saturated carbocycles. The number of hydrogen-bond donors (Lipinski definition) is 0. The van der Waals surface area contributed by atoms with E-state index in [1.165, 1.54) is 5.56 Å². The van der Waals surface area contributed by atoms with E-state index in [1.807, 2.05) is 31.0 Å². The maximum atomic E-state index is 11.7. The second-order valence-electron chi connectivity index (χ2n) is 4.85. The number of rotatable bonds is 4. The number of esters is 1. The lowest BCUT2D eigenvalue weighted by Crippen LogP contribution is -2.38. The Bertz CT molecular complexity index is 403. The summed E-state index contributed by atoms with van der Waals surface area (Å²) >= 11 is 0. The van der Waals surface area contributed by atoms with Gasteiger partial charge in [0.2, 0.25) is 0 Å². The number of ether oxygens (including phenoxy) is 1. The van der Waals surface area contributed by atoms with Crippen LogP contribution in [0.15, 0.2) is 12.4 Å². The first-order chi connectivity index (χ1) is 8.69. The van der Waals surface area contributed by atoms with Gasteiger partial charge in [0.05, 0.1) is 18.7 Å². The molecule has 5 nitrogen and oxygen atoms in total. The van der Waals surface area contributed by atoms with Gasteiger partial charge in [-0.25, -0.2) is 0 Å². The van der Waals surface area contributed by atoms with Crippen LogP contribution in [0.5, 0.6) is 0 Å². The van der Waals surface area contributed by atoms with Gasteiger partial charge in [-0.05, 0) is 26.3 Å². The van der Waals surface area contributed by atoms with E-state index in [2.05, 4.69) is 10.00 Å². The van der Waals surface area contributed by atoms with Crippen LogP contribution in [0.25, 0.3) is 0 Å². The van der Waals surface area contributed by atoms with Crippen molar-refractivity contribution in [3.63, 3.8) is 0 Å². The first-order valence-electron chi connectivity index (χ1n) is 6.55. The molecule has 1 aliphatic heterocycles. The minimum Gasteiger partial charge on any atom is -0.466 e. The summed E-state index contributed by atoms with van der Waals surface area (Å²) in [5.41, 5.74) is 1.20. The standard InChI is InChI=1S/C13H21N3O2/c1-3-18-13(17)12-5-4-6-16(10-12)9-11-7-14-15(2)8-11/h7-8,12H,3-6,9-10H2,1-2H3/t12-/m1/s1. The van der Waals surface area contributed by atoms with Gasteiger partial charge >= 0.3 is 5.97 Å². The lowest BCUT2D eigenvalue weighted by Gasteiger charge is -2.31. The van der Waals surface area contributed by atoms with Crippen molar-refractivity contribution in [1.29, 1.82) is 0 Å². The number of aromatic nitrogens is 2. The average Bonchev–Trinajstić information content (AvgIpc) is 2.75. The van der Waals surface area contributed by atoms with E-state index in [0.717, 1.165) is 32.5 Å². The maximum Gasteiger partial charge on any atom is 0.310 e. The molecule has 0 aromatic carbocycles. The molecule has 0 unspecified atom stereocenters. The molecule has 1 saturated heterocycles. The van der Waals surface area contributed by atoms with Crippen molar-refractivity contribution < 1.29 is 9.53 Å². The smallest absolute Gasteiger partial charge is 0.310 e. The van der Waals surface area contributed by atoms with Gasteiger partial charge in [-0.1, -0.05) is 0 Å². The minimum absolute atomic E-state index is 0.0374. The van der Waals surface area contributed by atoms with E-state index in [9.17, 15) is 4.79 Å². The Hall–Kier alpha value is -1.36. The molecule has 1 aliphatic rings. The third kappa shape index (κ3) is 3.32. The molecule has 1 aromatic rings. The summed E-state index contributed by atoms with van der Waals surface area (Å²) in [6.07, 6.45) is 5.91. The van der Waals surface area contributed by atoms with Crippen LogP contribution in [0.1, 0.15) is 25.3 Å². The summed E-state index contributed by atoms with van der Waals surface area (Å²) in [7, 11) is 1.92. The van der Waals surface area contributed by atoms with Crippen LogP contribution >= 0.6 is 0 Å². The van der Waals surface area contributed by atoms with Gasteiger partial charge in [0.1, 0.15) is 0 Å². The molecule has 0 N–H and O–H groups in total. The summed E-state index contributed by atoms with van der Waals surface area (Å²) in [6, 6.07) is 0. The van der Waals surface area contributed by atoms with E-state index in [1.54, 1.807) is 0 Å². The third-order valence-electron chi connectivity index (χ3n) is 3.29. The van der Waals surface area contributed by atoms with Crippen molar-refractivity contribution >= 4 is 5.97 Å². The quantitative estimate of drug-likeness (QED) is 0.754. The van der Waals surface area contributed by atoms with Crippen LogP contribution in [-0.2, 0) is 23.1 Å². The Balaban J connectivity index is 1.88. The number of nitrogens with zero attached hydrogens (tertiary/aromatic N) is 3. The molecular weight excluding hydrogens is 230 g/mol. The Labute approximate surface area is 108 Å². The Morgan fingerprint density at radius 3 is 3.11 bits per heavy atom. The fourth-order valence-electron chi connectivity index (χ4n) is 2.46. The first-order valence-corrected chi connectivity index (χ1v) is 6.55. The van der Waals surface area contributed by atoms with Crippen LogP contribution in [-0.4, -0.2) is 40.3 Å². The van der Waals surface area contributed by atoms with Crippen LogP contribution < -0.4 is 0 Å². The molecule has 0 aliphatic carbocycles. The number of hydrogen-bond acceptors (Lipinski definition) is 4. The van der Waals surface area contributed by atoms with Crippen molar-refractivity contribution in [2.75, 3.05) is 19.7 Å². The Kier molecular flexibility index (Phi) is 4.36. The van der Waals surface area contributed by atoms with Gasteiger partial charge in [-0.2, -0.15) is 5.10 Å². The van der Waals surface area contributed by atoms with Gasteiger partial charge in [0, 0.05) is 31.9 Å². The fourth-order valence-corrected chi connectivity index (χ4v) is 2.46. The normalized spacial score (nSPS) is 20.9. The summed E-state index contributed by atoms with van der Waals surface area (Å²) in [6.45, 7) is 5.04. The molecule has 18 heavy (non-hydrogen) atoms. The van der Waals surface area contributed by atoms with E-state index >= 15 is 0 Å². The zero-order chi connectivity index (χ0) is 13.0. The van der Waals surface area contributed by atoms with E-state index in [4.69, 9.17) is 4.74 Å². The second kappa shape index (κ2) is 6.00. The highest BCUT2D eigenvalue weighted by Crippen LogP contribution is 2.19.